The van der Waals surface area contributed by atoms with E-state index in [1.54, 1.807) is 23.7 Å². The lowest BCUT2D eigenvalue weighted by molar-refractivity contribution is 0.872. The van der Waals surface area contributed by atoms with Crippen LogP contribution >= 0.6 is 11.3 Å². The zero-order valence-corrected chi connectivity index (χ0v) is 11.5. The summed E-state index contributed by atoms with van der Waals surface area (Å²) in [6, 6.07) is 4.02. The Labute approximate surface area is 115 Å². The Morgan fingerprint density at radius 2 is 2.16 bits per heavy atom. The highest BCUT2D eigenvalue weighted by Gasteiger charge is 2.15. The van der Waals surface area contributed by atoms with E-state index in [9.17, 15) is 0 Å². The summed E-state index contributed by atoms with van der Waals surface area (Å²) < 4.78 is 2.06. The van der Waals surface area contributed by atoms with E-state index in [0.29, 0.717) is 6.54 Å². The Bertz CT molecular complexity index is 673. The fourth-order valence-corrected chi connectivity index (χ4v) is 2.88. The fraction of sp³-hybridized carbons (Fsp3) is 0.231. The first-order chi connectivity index (χ1) is 9.29. The summed E-state index contributed by atoms with van der Waals surface area (Å²) in [5, 5.41) is 2.02. The monoisotopic (exact) mass is 273 g/mol. The summed E-state index contributed by atoms with van der Waals surface area (Å²) in [7, 11) is 2.03. The van der Waals surface area contributed by atoms with Crippen molar-refractivity contribution in [3.05, 3.63) is 47.4 Å². The van der Waals surface area contributed by atoms with Gasteiger partial charge in [0.2, 0.25) is 0 Å². The molecule has 3 rings (SSSR count). The molecule has 3 aromatic heterocycles. The van der Waals surface area contributed by atoms with Gasteiger partial charge in [-0.15, -0.1) is 11.3 Å². The molecule has 0 aliphatic carbocycles. The van der Waals surface area contributed by atoms with Crippen molar-refractivity contribution in [3.63, 3.8) is 0 Å². The lowest BCUT2D eigenvalue weighted by Gasteiger charge is -2.18. The predicted octanol–water partition coefficient (Wildman–Crippen LogP) is 1.89. The largest absolute Gasteiger partial charge is 0.354 e. The van der Waals surface area contributed by atoms with Gasteiger partial charge in [-0.05, 0) is 17.7 Å². The normalized spacial score (nSPS) is 11.1. The van der Waals surface area contributed by atoms with E-state index < -0.39 is 0 Å². The molecular formula is C13H15N5S. The van der Waals surface area contributed by atoms with Crippen molar-refractivity contribution in [3.8, 4) is 0 Å². The maximum absolute atomic E-state index is 5.86. The molecule has 2 N–H and O–H groups in total. The summed E-state index contributed by atoms with van der Waals surface area (Å²) in [5.41, 5.74) is 8.11. The molecule has 0 atom stereocenters. The van der Waals surface area contributed by atoms with Gasteiger partial charge in [0.05, 0.1) is 5.69 Å². The molecular weight excluding hydrogens is 258 g/mol. The first kappa shape index (κ1) is 12.1. The molecule has 6 heteroatoms. The summed E-state index contributed by atoms with van der Waals surface area (Å²) in [6.45, 7) is 1.27. The van der Waals surface area contributed by atoms with E-state index in [2.05, 4.69) is 19.3 Å². The number of anilines is 1. The van der Waals surface area contributed by atoms with Gasteiger partial charge < -0.3 is 10.6 Å². The van der Waals surface area contributed by atoms with Gasteiger partial charge in [0, 0.05) is 44.1 Å². The Morgan fingerprint density at radius 1 is 1.37 bits per heavy atom. The highest BCUT2D eigenvalue weighted by atomic mass is 32.1. The Kier molecular flexibility index (Phi) is 3.18. The number of pyridine rings is 1. The molecule has 3 heterocycles. The lowest BCUT2D eigenvalue weighted by atomic mass is 10.2. The summed E-state index contributed by atoms with van der Waals surface area (Å²) in [4.78, 5) is 11.8. The van der Waals surface area contributed by atoms with Crippen molar-refractivity contribution in [2.75, 3.05) is 11.9 Å². The summed E-state index contributed by atoms with van der Waals surface area (Å²) in [6.07, 6.45) is 5.62. The Hall–Kier alpha value is -1.92. The van der Waals surface area contributed by atoms with Gasteiger partial charge in [-0.3, -0.25) is 9.38 Å². The smallest absolute Gasteiger partial charge is 0.195 e. The van der Waals surface area contributed by atoms with E-state index >= 15 is 0 Å². The lowest BCUT2D eigenvalue weighted by Crippen LogP contribution is -2.19. The molecule has 5 nitrogen and oxygen atoms in total. The van der Waals surface area contributed by atoms with E-state index in [0.717, 1.165) is 23.0 Å². The van der Waals surface area contributed by atoms with Crippen LogP contribution in [0.3, 0.4) is 0 Å². The Morgan fingerprint density at radius 3 is 2.89 bits per heavy atom. The van der Waals surface area contributed by atoms with Crippen molar-refractivity contribution < 1.29 is 0 Å². The standard InChI is InChI=1S/C13H15N5S/c1-17(9-10-2-4-15-5-3-10)12-11(8-14)18-6-7-19-13(18)16-12/h2-7H,8-9,14H2,1H3. The minimum absolute atomic E-state index is 0.480. The zero-order valence-electron chi connectivity index (χ0n) is 10.7. The number of nitrogens with zero attached hydrogens (tertiary/aromatic N) is 4. The number of aromatic nitrogens is 3. The number of rotatable bonds is 4. The summed E-state index contributed by atoms with van der Waals surface area (Å²) >= 11 is 1.62. The molecule has 98 valence electrons. The highest BCUT2D eigenvalue weighted by Crippen LogP contribution is 2.24. The van der Waals surface area contributed by atoms with Crippen LogP contribution in [0.5, 0.6) is 0 Å². The van der Waals surface area contributed by atoms with Crippen LogP contribution in [0, 0.1) is 0 Å². The molecule has 0 radical (unpaired) electrons. The minimum Gasteiger partial charge on any atom is -0.354 e. The number of hydrogen-bond donors (Lipinski definition) is 1. The van der Waals surface area contributed by atoms with Gasteiger partial charge in [-0.25, -0.2) is 4.98 Å². The van der Waals surface area contributed by atoms with Crippen LogP contribution in [-0.2, 0) is 13.1 Å². The van der Waals surface area contributed by atoms with Gasteiger partial charge in [0.25, 0.3) is 0 Å². The molecule has 0 unspecified atom stereocenters. The molecule has 0 bridgehead atoms. The van der Waals surface area contributed by atoms with Crippen LogP contribution in [0.2, 0.25) is 0 Å². The molecule has 0 saturated heterocycles. The molecule has 0 aliphatic heterocycles. The molecule has 19 heavy (non-hydrogen) atoms. The topological polar surface area (TPSA) is 59.5 Å². The molecule has 0 aliphatic rings. The van der Waals surface area contributed by atoms with Crippen LogP contribution in [0.4, 0.5) is 5.82 Å². The van der Waals surface area contributed by atoms with Gasteiger partial charge in [-0.1, -0.05) is 0 Å². The molecule has 0 fully saturated rings. The average Bonchev–Trinajstić information content (AvgIpc) is 2.99. The van der Waals surface area contributed by atoms with Crippen LogP contribution in [0.1, 0.15) is 11.3 Å². The van der Waals surface area contributed by atoms with Gasteiger partial charge in [0.1, 0.15) is 0 Å². The molecule has 0 amide bonds. The van der Waals surface area contributed by atoms with E-state index in [1.807, 2.05) is 30.8 Å². The quantitative estimate of drug-likeness (QED) is 0.788. The van der Waals surface area contributed by atoms with Crippen molar-refractivity contribution >= 4 is 22.1 Å². The SMILES string of the molecule is CN(Cc1ccncc1)c1nc2sccn2c1CN. The second-order valence-corrected chi connectivity index (χ2v) is 5.23. The third-order valence-electron chi connectivity index (χ3n) is 3.06. The van der Waals surface area contributed by atoms with Gasteiger partial charge in [-0.2, -0.15) is 0 Å². The van der Waals surface area contributed by atoms with Crippen molar-refractivity contribution in [1.29, 1.82) is 0 Å². The maximum Gasteiger partial charge on any atom is 0.195 e. The van der Waals surface area contributed by atoms with E-state index in [4.69, 9.17) is 5.73 Å². The Balaban J connectivity index is 1.92. The third kappa shape index (κ3) is 2.20. The second kappa shape index (κ2) is 4.99. The van der Waals surface area contributed by atoms with Crippen LogP contribution < -0.4 is 10.6 Å². The molecule has 0 aromatic carbocycles. The van der Waals surface area contributed by atoms with Crippen LogP contribution in [-0.4, -0.2) is 21.4 Å². The van der Waals surface area contributed by atoms with E-state index in [1.165, 1.54) is 5.56 Å². The van der Waals surface area contributed by atoms with Crippen molar-refractivity contribution in [2.24, 2.45) is 5.73 Å². The van der Waals surface area contributed by atoms with Crippen LogP contribution in [0.15, 0.2) is 36.1 Å². The second-order valence-electron chi connectivity index (χ2n) is 4.35. The van der Waals surface area contributed by atoms with Gasteiger partial charge in [0.15, 0.2) is 10.8 Å². The van der Waals surface area contributed by atoms with E-state index in [-0.39, 0.29) is 0 Å². The maximum atomic E-state index is 5.86. The predicted molar refractivity (Wildman–Crippen MR) is 77.3 cm³/mol. The van der Waals surface area contributed by atoms with Crippen molar-refractivity contribution in [2.45, 2.75) is 13.1 Å². The van der Waals surface area contributed by atoms with Crippen molar-refractivity contribution in [1.82, 2.24) is 14.4 Å². The first-order valence-electron chi connectivity index (χ1n) is 6.04. The molecule has 0 spiro atoms. The average molecular weight is 273 g/mol. The summed E-state index contributed by atoms with van der Waals surface area (Å²) in [5.74, 6) is 0.950. The number of thiazole rings is 1. The zero-order chi connectivity index (χ0) is 13.2. The van der Waals surface area contributed by atoms with Gasteiger partial charge >= 0.3 is 0 Å². The number of nitrogens with two attached hydrogens (primary N) is 1. The van der Waals surface area contributed by atoms with Crippen LogP contribution in [0.25, 0.3) is 4.96 Å². The number of imidazole rings is 1. The highest BCUT2D eigenvalue weighted by molar-refractivity contribution is 7.15. The third-order valence-corrected chi connectivity index (χ3v) is 3.82. The fourth-order valence-electron chi connectivity index (χ4n) is 2.15. The minimum atomic E-state index is 0.480. The molecule has 3 aromatic rings. The number of hydrogen-bond acceptors (Lipinski definition) is 5. The first-order valence-corrected chi connectivity index (χ1v) is 6.92. The number of fused-ring (bicyclic) bond motifs is 1. The molecule has 0 saturated carbocycles.